The van der Waals surface area contributed by atoms with Crippen LogP contribution < -0.4 is 0 Å². The zero-order valence-corrected chi connectivity index (χ0v) is 20.0. The quantitative estimate of drug-likeness (QED) is 0.527. The van der Waals surface area contributed by atoms with E-state index in [1.54, 1.807) is 13.0 Å². The Kier molecular flexibility index (Phi) is 29.7. The Balaban J connectivity index is -0.000000144. The van der Waals surface area contributed by atoms with Gasteiger partial charge in [-0.05, 0) is 56.0 Å². The summed E-state index contributed by atoms with van der Waals surface area (Å²) in [6, 6.07) is 11.3. The van der Waals surface area contributed by atoms with Gasteiger partial charge in [-0.25, -0.2) is 4.39 Å². The number of hydrogen-bond donors (Lipinski definition) is 1. The van der Waals surface area contributed by atoms with E-state index in [9.17, 15) is 4.39 Å². The molecule has 0 unspecified atom stereocenters. The third-order valence-electron chi connectivity index (χ3n) is 3.00. The number of aliphatic hydroxyl groups excluding tert-OH is 1. The van der Waals surface area contributed by atoms with Crippen LogP contribution in [0, 0.1) is 33.5 Å². The molecule has 0 aliphatic heterocycles. The van der Waals surface area contributed by atoms with Crippen molar-refractivity contribution in [1.29, 1.82) is 0 Å². The summed E-state index contributed by atoms with van der Waals surface area (Å²) >= 11 is 0. The van der Waals surface area contributed by atoms with Gasteiger partial charge in [0.2, 0.25) is 0 Å². The molecule has 0 radical (unpaired) electrons. The van der Waals surface area contributed by atoms with Gasteiger partial charge in [-0.1, -0.05) is 91.3 Å². The van der Waals surface area contributed by atoms with Crippen molar-refractivity contribution >= 4 is 0 Å². The topological polar surface area (TPSA) is 20.2 Å². The van der Waals surface area contributed by atoms with Crippen LogP contribution in [0.3, 0.4) is 0 Å². The number of hydrogen-bond acceptors (Lipinski definition) is 1. The van der Waals surface area contributed by atoms with Crippen molar-refractivity contribution in [1.82, 2.24) is 0 Å². The molecule has 0 saturated carbocycles. The first-order chi connectivity index (χ1) is 12.9. The van der Waals surface area contributed by atoms with Crippen LogP contribution in [0.1, 0.15) is 83.2 Å². The third kappa shape index (κ3) is 17.5. The van der Waals surface area contributed by atoms with Crippen molar-refractivity contribution in [2.75, 3.05) is 0 Å². The Labute approximate surface area is 169 Å². The molecule has 1 nitrogen and oxygen atoms in total. The van der Waals surface area contributed by atoms with Crippen molar-refractivity contribution in [3.8, 4) is 0 Å². The van der Waals surface area contributed by atoms with Gasteiger partial charge in [-0.15, -0.1) is 0 Å². The second kappa shape index (κ2) is 24.3. The minimum Gasteiger partial charge on any atom is -0.392 e. The van der Waals surface area contributed by atoms with Gasteiger partial charge in [0.25, 0.3) is 0 Å². The highest BCUT2D eigenvalue weighted by Gasteiger charge is 1.94. The van der Waals surface area contributed by atoms with E-state index in [0.29, 0.717) is 5.56 Å². The molecule has 0 atom stereocenters. The smallest absolute Gasteiger partial charge is 0.126 e. The van der Waals surface area contributed by atoms with Crippen molar-refractivity contribution in [2.45, 2.75) is 89.7 Å². The van der Waals surface area contributed by atoms with Crippen molar-refractivity contribution in [3.05, 3.63) is 70.0 Å². The molecule has 0 heterocycles. The molecule has 2 aromatic carbocycles. The lowest BCUT2D eigenvalue weighted by Gasteiger charge is -2.01. The van der Waals surface area contributed by atoms with E-state index in [2.05, 4.69) is 6.07 Å². The maximum atomic E-state index is 12.6. The lowest BCUT2D eigenvalue weighted by Crippen LogP contribution is -1.88. The Morgan fingerprint density at radius 2 is 1.00 bits per heavy atom. The molecule has 0 aromatic heterocycles. The summed E-state index contributed by atoms with van der Waals surface area (Å²) < 4.78 is 12.6. The Hall–Kier alpha value is -1.67. The van der Waals surface area contributed by atoms with Gasteiger partial charge in [0.1, 0.15) is 5.82 Å². The molecule has 158 valence electrons. The number of halogens is 1. The third-order valence-corrected chi connectivity index (χ3v) is 3.00. The molecule has 2 rings (SSSR count). The van der Waals surface area contributed by atoms with Crippen LogP contribution in [-0.4, -0.2) is 5.11 Å². The first-order valence-corrected chi connectivity index (χ1v) is 10.3. The molecule has 0 aliphatic carbocycles. The second-order valence-corrected chi connectivity index (χ2v) is 4.84. The highest BCUT2D eigenvalue weighted by Crippen LogP contribution is 2.09. The molecule has 2 aromatic rings. The summed E-state index contributed by atoms with van der Waals surface area (Å²) in [6.07, 6.45) is 0. The first-order valence-electron chi connectivity index (χ1n) is 10.3. The highest BCUT2D eigenvalue weighted by molar-refractivity contribution is 5.29. The summed E-state index contributed by atoms with van der Waals surface area (Å²) in [4.78, 5) is 0. The standard InChI is InChI=1S/C9H12O.C8H9F.4C2H6/c1-7-3-4-8(2)9(5-7)6-10;1-6-3-4-7(2)8(9)5-6;4*1-2/h3-5,10H,6H2,1-2H3;3-5H,1-2H3;4*1-2H3. The molecule has 0 amide bonds. The highest BCUT2D eigenvalue weighted by atomic mass is 19.1. The van der Waals surface area contributed by atoms with Crippen LogP contribution in [0.5, 0.6) is 0 Å². The van der Waals surface area contributed by atoms with Crippen LogP contribution in [0.2, 0.25) is 0 Å². The largest absolute Gasteiger partial charge is 0.392 e. The number of aliphatic hydroxyl groups is 1. The average molecular weight is 381 g/mol. The predicted octanol–water partition coefficient (Wildman–Crippen LogP) is 8.34. The lowest BCUT2D eigenvalue weighted by atomic mass is 10.1. The van der Waals surface area contributed by atoms with E-state index in [-0.39, 0.29) is 12.4 Å². The van der Waals surface area contributed by atoms with E-state index in [4.69, 9.17) is 5.11 Å². The van der Waals surface area contributed by atoms with Crippen LogP contribution in [-0.2, 0) is 6.61 Å². The lowest BCUT2D eigenvalue weighted by molar-refractivity contribution is 0.281. The molecular formula is C25H45FO. The monoisotopic (exact) mass is 380 g/mol. The summed E-state index contributed by atoms with van der Waals surface area (Å²) in [6.45, 7) is 23.8. The molecule has 1 N–H and O–H groups in total. The van der Waals surface area contributed by atoms with E-state index >= 15 is 0 Å². The SMILES string of the molecule is CC.CC.CC.CC.Cc1ccc(C)c(CO)c1.Cc1ccc(C)c(F)c1. The Bertz CT molecular complexity index is 548. The van der Waals surface area contributed by atoms with E-state index < -0.39 is 0 Å². The zero-order valence-electron chi connectivity index (χ0n) is 20.0. The van der Waals surface area contributed by atoms with Crippen molar-refractivity contribution in [3.63, 3.8) is 0 Å². The van der Waals surface area contributed by atoms with Crippen molar-refractivity contribution < 1.29 is 9.50 Å². The molecule has 0 bridgehead atoms. The van der Waals surface area contributed by atoms with E-state index in [1.807, 2.05) is 94.4 Å². The summed E-state index contributed by atoms with van der Waals surface area (Å²) in [5, 5.41) is 8.84. The van der Waals surface area contributed by atoms with Crippen LogP contribution in [0.4, 0.5) is 4.39 Å². The molecule has 0 spiro atoms. The van der Waals surface area contributed by atoms with Gasteiger partial charge in [0, 0.05) is 0 Å². The summed E-state index contributed by atoms with van der Waals surface area (Å²) in [5.41, 5.74) is 5.07. The van der Waals surface area contributed by atoms with Crippen molar-refractivity contribution in [2.24, 2.45) is 0 Å². The number of rotatable bonds is 1. The minimum absolute atomic E-state index is 0.116. The zero-order chi connectivity index (χ0) is 22.4. The molecule has 2 heteroatoms. The summed E-state index contributed by atoms with van der Waals surface area (Å²) in [5.74, 6) is -0.116. The molecule has 0 aliphatic rings. The second-order valence-electron chi connectivity index (χ2n) is 4.84. The molecular weight excluding hydrogens is 335 g/mol. The van der Waals surface area contributed by atoms with E-state index in [0.717, 1.165) is 16.7 Å². The summed E-state index contributed by atoms with van der Waals surface area (Å²) in [7, 11) is 0. The van der Waals surface area contributed by atoms with Crippen LogP contribution in [0.25, 0.3) is 0 Å². The first kappa shape index (κ1) is 33.0. The maximum absolute atomic E-state index is 12.6. The number of benzene rings is 2. The Morgan fingerprint density at radius 3 is 1.30 bits per heavy atom. The van der Waals surface area contributed by atoms with Gasteiger partial charge < -0.3 is 5.11 Å². The van der Waals surface area contributed by atoms with Gasteiger partial charge in [0.05, 0.1) is 6.61 Å². The van der Waals surface area contributed by atoms with Gasteiger partial charge in [-0.2, -0.15) is 0 Å². The fourth-order valence-corrected chi connectivity index (χ4v) is 1.67. The molecule has 0 saturated heterocycles. The number of aryl methyl sites for hydroxylation is 4. The fraction of sp³-hybridized carbons (Fsp3) is 0.520. The van der Waals surface area contributed by atoms with Gasteiger partial charge >= 0.3 is 0 Å². The van der Waals surface area contributed by atoms with Crippen LogP contribution >= 0.6 is 0 Å². The average Bonchev–Trinajstić information content (AvgIpc) is 2.73. The molecule has 0 fully saturated rings. The van der Waals surface area contributed by atoms with E-state index in [1.165, 1.54) is 11.6 Å². The van der Waals surface area contributed by atoms with Gasteiger partial charge in [0.15, 0.2) is 0 Å². The normalized spacial score (nSPS) is 7.78. The van der Waals surface area contributed by atoms with Gasteiger partial charge in [-0.3, -0.25) is 0 Å². The van der Waals surface area contributed by atoms with Crippen LogP contribution in [0.15, 0.2) is 36.4 Å². The predicted molar refractivity (Wildman–Crippen MR) is 123 cm³/mol. The molecule has 27 heavy (non-hydrogen) atoms. The Morgan fingerprint density at radius 1 is 0.630 bits per heavy atom. The minimum atomic E-state index is -0.116. The maximum Gasteiger partial charge on any atom is 0.126 e. The fourth-order valence-electron chi connectivity index (χ4n) is 1.67.